The first kappa shape index (κ1) is 12.4. The van der Waals surface area contributed by atoms with Crippen molar-refractivity contribution in [3.05, 3.63) is 6.33 Å². The Bertz CT molecular complexity index is 340. The molecule has 0 radical (unpaired) electrons. The van der Waals surface area contributed by atoms with E-state index < -0.39 is 0 Å². The van der Waals surface area contributed by atoms with Gasteiger partial charge in [0.2, 0.25) is 5.95 Å². The Hall–Kier alpha value is -1.70. The van der Waals surface area contributed by atoms with Crippen molar-refractivity contribution in [3.8, 4) is 0 Å². The highest BCUT2D eigenvalue weighted by Crippen LogP contribution is 1.93. The van der Waals surface area contributed by atoms with Crippen molar-refractivity contribution in [2.75, 3.05) is 19.0 Å². The normalized spacial score (nSPS) is 9.56. The number of carbonyl (C=O) groups is 1. The third-order valence-corrected chi connectivity index (χ3v) is 1.96. The molecular formula is C8H13N5O2S. The Morgan fingerprint density at radius 1 is 1.69 bits per heavy atom. The van der Waals surface area contributed by atoms with Gasteiger partial charge in [-0.2, -0.15) is 10.1 Å². The third-order valence-electron chi connectivity index (χ3n) is 1.72. The van der Waals surface area contributed by atoms with Crippen molar-refractivity contribution in [1.29, 1.82) is 0 Å². The zero-order valence-electron chi connectivity index (χ0n) is 8.82. The molecule has 1 heterocycles. The number of H-pyrrole nitrogens is 1. The van der Waals surface area contributed by atoms with Gasteiger partial charge in [-0.15, -0.1) is 0 Å². The summed E-state index contributed by atoms with van der Waals surface area (Å²) in [6.45, 7) is 0.592. The van der Waals surface area contributed by atoms with Crippen LogP contribution in [0.15, 0.2) is 6.33 Å². The predicted molar refractivity (Wildman–Crippen MR) is 61.9 cm³/mol. The summed E-state index contributed by atoms with van der Waals surface area (Å²) in [7, 11) is 1.37. The van der Waals surface area contributed by atoms with E-state index in [1.54, 1.807) is 0 Å². The largest absolute Gasteiger partial charge is 0.469 e. The lowest BCUT2D eigenvalue weighted by Crippen LogP contribution is -2.30. The molecule has 0 saturated carbocycles. The minimum atomic E-state index is -0.226. The number of ether oxygens (including phenoxy) is 1. The lowest BCUT2D eigenvalue weighted by molar-refractivity contribution is -0.140. The van der Waals surface area contributed by atoms with E-state index in [1.807, 2.05) is 0 Å². The number of esters is 1. The summed E-state index contributed by atoms with van der Waals surface area (Å²) >= 11 is 4.98. The van der Waals surface area contributed by atoms with Gasteiger partial charge in [-0.05, 0) is 18.6 Å². The van der Waals surface area contributed by atoms with E-state index in [4.69, 9.17) is 12.2 Å². The molecular weight excluding hydrogens is 230 g/mol. The summed E-state index contributed by atoms with van der Waals surface area (Å²) in [6, 6.07) is 0. The van der Waals surface area contributed by atoms with Crippen LogP contribution in [0.1, 0.15) is 12.8 Å². The molecule has 0 aliphatic rings. The van der Waals surface area contributed by atoms with Gasteiger partial charge in [-0.1, -0.05) is 0 Å². The van der Waals surface area contributed by atoms with Crippen molar-refractivity contribution in [3.63, 3.8) is 0 Å². The molecule has 1 aromatic rings. The molecule has 3 N–H and O–H groups in total. The van der Waals surface area contributed by atoms with Crippen LogP contribution in [0, 0.1) is 0 Å². The molecule has 0 aliphatic heterocycles. The number of carbonyl (C=O) groups excluding carboxylic acids is 1. The highest BCUT2D eigenvalue weighted by molar-refractivity contribution is 7.80. The van der Waals surface area contributed by atoms with Crippen LogP contribution in [0.4, 0.5) is 5.95 Å². The summed E-state index contributed by atoms with van der Waals surface area (Å²) in [5.74, 6) is 0.251. The molecule has 0 atom stereocenters. The fraction of sp³-hybridized carbons (Fsp3) is 0.500. The summed E-state index contributed by atoms with van der Waals surface area (Å²) in [6.07, 6.45) is 2.40. The number of nitrogens with one attached hydrogen (secondary N) is 3. The summed E-state index contributed by atoms with van der Waals surface area (Å²) in [4.78, 5) is 14.6. The SMILES string of the molecule is COC(=O)CCCNC(=S)Nc1ncn[nH]1. The zero-order valence-corrected chi connectivity index (χ0v) is 9.63. The van der Waals surface area contributed by atoms with Gasteiger partial charge >= 0.3 is 5.97 Å². The second kappa shape index (κ2) is 6.72. The van der Waals surface area contributed by atoms with Gasteiger partial charge in [0, 0.05) is 13.0 Å². The van der Waals surface area contributed by atoms with Gasteiger partial charge < -0.3 is 15.4 Å². The van der Waals surface area contributed by atoms with E-state index in [9.17, 15) is 4.79 Å². The van der Waals surface area contributed by atoms with Crippen LogP contribution in [0.5, 0.6) is 0 Å². The number of hydrogen-bond acceptors (Lipinski definition) is 5. The quantitative estimate of drug-likeness (QED) is 0.382. The molecule has 0 amide bonds. The van der Waals surface area contributed by atoms with E-state index in [0.717, 1.165) is 0 Å². The average molecular weight is 243 g/mol. The number of aromatic nitrogens is 3. The van der Waals surface area contributed by atoms with Gasteiger partial charge in [-0.3, -0.25) is 4.79 Å². The van der Waals surface area contributed by atoms with E-state index in [2.05, 4.69) is 30.6 Å². The molecule has 16 heavy (non-hydrogen) atoms. The van der Waals surface area contributed by atoms with E-state index >= 15 is 0 Å². The Morgan fingerprint density at radius 3 is 3.12 bits per heavy atom. The maximum Gasteiger partial charge on any atom is 0.305 e. The summed E-state index contributed by atoms with van der Waals surface area (Å²) < 4.78 is 4.50. The number of methoxy groups -OCH3 is 1. The number of thiocarbonyl (C=S) groups is 1. The molecule has 0 bridgehead atoms. The molecule has 0 aromatic carbocycles. The third kappa shape index (κ3) is 4.69. The Balaban J connectivity index is 2.09. The smallest absolute Gasteiger partial charge is 0.305 e. The molecule has 0 saturated heterocycles. The molecule has 8 heteroatoms. The van der Waals surface area contributed by atoms with Crippen LogP contribution in [-0.4, -0.2) is 39.9 Å². The van der Waals surface area contributed by atoms with Crippen molar-refractivity contribution in [1.82, 2.24) is 20.5 Å². The standard InChI is InChI=1S/C8H13N5O2S/c1-15-6(14)3-2-4-9-8(16)12-7-10-5-11-13-7/h5H,2-4H2,1H3,(H3,9,10,11,12,13,16). The minimum absolute atomic E-state index is 0.226. The van der Waals surface area contributed by atoms with Gasteiger partial charge in [-0.25, -0.2) is 5.10 Å². The van der Waals surface area contributed by atoms with Crippen molar-refractivity contribution in [2.24, 2.45) is 0 Å². The van der Waals surface area contributed by atoms with Crippen LogP contribution in [0.3, 0.4) is 0 Å². The van der Waals surface area contributed by atoms with Crippen LogP contribution in [-0.2, 0) is 9.53 Å². The van der Waals surface area contributed by atoms with E-state index in [1.165, 1.54) is 13.4 Å². The molecule has 0 spiro atoms. The number of aromatic amines is 1. The molecule has 1 rings (SSSR count). The Morgan fingerprint density at radius 2 is 2.50 bits per heavy atom. The zero-order chi connectivity index (χ0) is 11.8. The van der Waals surface area contributed by atoms with Gasteiger partial charge in [0.25, 0.3) is 0 Å². The lowest BCUT2D eigenvalue weighted by atomic mass is 10.3. The van der Waals surface area contributed by atoms with Crippen LogP contribution in [0.2, 0.25) is 0 Å². The Kier molecular flexibility index (Phi) is 5.20. The van der Waals surface area contributed by atoms with Crippen LogP contribution in [0.25, 0.3) is 0 Å². The van der Waals surface area contributed by atoms with Crippen molar-refractivity contribution < 1.29 is 9.53 Å². The number of hydrogen-bond donors (Lipinski definition) is 3. The topological polar surface area (TPSA) is 91.9 Å². The fourth-order valence-electron chi connectivity index (χ4n) is 0.954. The average Bonchev–Trinajstić information content (AvgIpc) is 2.76. The monoisotopic (exact) mass is 243 g/mol. The second-order valence-corrected chi connectivity index (χ2v) is 3.30. The molecule has 1 aromatic heterocycles. The van der Waals surface area contributed by atoms with Gasteiger partial charge in [0.15, 0.2) is 5.11 Å². The van der Waals surface area contributed by atoms with E-state index in [-0.39, 0.29) is 5.97 Å². The first-order valence-electron chi connectivity index (χ1n) is 4.69. The highest BCUT2D eigenvalue weighted by atomic mass is 32.1. The number of anilines is 1. The predicted octanol–water partition coefficient (Wildman–Crippen LogP) is 0.0443. The summed E-state index contributed by atoms with van der Waals surface area (Å²) in [5, 5.41) is 12.4. The highest BCUT2D eigenvalue weighted by Gasteiger charge is 2.01. The first-order valence-corrected chi connectivity index (χ1v) is 5.10. The van der Waals surface area contributed by atoms with Crippen LogP contribution < -0.4 is 10.6 Å². The maximum absolute atomic E-state index is 10.8. The molecule has 0 unspecified atom stereocenters. The number of rotatable bonds is 5. The fourth-order valence-corrected chi connectivity index (χ4v) is 1.15. The van der Waals surface area contributed by atoms with Crippen LogP contribution >= 0.6 is 12.2 Å². The summed E-state index contributed by atoms with van der Waals surface area (Å²) in [5.41, 5.74) is 0. The van der Waals surface area contributed by atoms with E-state index in [0.29, 0.717) is 30.4 Å². The molecule has 0 aliphatic carbocycles. The van der Waals surface area contributed by atoms with Crippen molar-refractivity contribution in [2.45, 2.75) is 12.8 Å². The van der Waals surface area contributed by atoms with Gasteiger partial charge in [0.05, 0.1) is 7.11 Å². The second-order valence-electron chi connectivity index (χ2n) is 2.89. The molecule has 0 fully saturated rings. The van der Waals surface area contributed by atoms with Gasteiger partial charge in [0.1, 0.15) is 6.33 Å². The Labute approximate surface area is 98.0 Å². The molecule has 88 valence electrons. The number of nitrogens with zero attached hydrogens (tertiary/aromatic N) is 2. The minimum Gasteiger partial charge on any atom is -0.469 e. The first-order chi connectivity index (χ1) is 7.72. The maximum atomic E-state index is 10.8. The lowest BCUT2D eigenvalue weighted by Gasteiger charge is -2.07. The molecule has 7 nitrogen and oxygen atoms in total. The van der Waals surface area contributed by atoms with Crippen molar-refractivity contribution >= 4 is 29.2 Å².